The van der Waals surface area contributed by atoms with Gasteiger partial charge in [-0.3, -0.25) is 4.98 Å². The van der Waals surface area contributed by atoms with E-state index in [-0.39, 0.29) is 0 Å². The molecule has 1 aliphatic heterocycles. The summed E-state index contributed by atoms with van der Waals surface area (Å²) in [6, 6.07) is 16.2. The molecule has 3 heterocycles. The van der Waals surface area contributed by atoms with Crippen LogP contribution < -0.4 is 15.5 Å². The van der Waals surface area contributed by atoms with Crippen molar-refractivity contribution in [2.75, 3.05) is 28.6 Å². The van der Waals surface area contributed by atoms with E-state index in [1.165, 1.54) is 24.9 Å². The van der Waals surface area contributed by atoms with Gasteiger partial charge in [0, 0.05) is 36.9 Å². The van der Waals surface area contributed by atoms with Gasteiger partial charge in [-0.05, 0) is 61.7 Å². The van der Waals surface area contributed by atoms with Gasteiger partial charge in [0.1, 0.15) is 5.82 Å². The first-order valence-electron chi connectivity index (χ1n) is 9.46. The SMILES string of the molecule is c1ccc(CNc2ccnc(Nc3ccc(N4CCCCC4)cc3)n2)nc1. The van der Waals surface area contributed by atoms with E-state index >= 15 is 0 Å². The summed E-state index contributed by atoms with van der Waals surface area (Å²) in [6.07, 6.45) is 7.45. The maximum Gasteiger partial charge on any atom is 0.229 e. The number of pyridine rings is 1. The third-order valence-electron chi connectivity index (χ3n) is 4.68. The minimum absolute atomic E-state index is 0.576. The van der Waals surface area contributed by atoms with Crippen molar-refractivity contribution < 1.29 is 0 Å². The van der Waals surface area contributed by atoms with Gasteiger partial charge in [-0.15, -0.1) is 0 Å². The van der Waals surface area contributed by atoms with Crippen LogP contribution >= 0.6 is 0 Å². The Morgan fingerprint density at radius 1 is 0.852 bits per heavy atom. The largest absolute Gasteiger partial charge is 0.372 e. The Morgan fingerprint density at radius 2 is 1.70 bits per heavy atom. The van der Waals surface area contributed by atoms with Crippen molar-refractivity contribution in [2.24, 2.45) is 0 Å². The molecule has 1 aliphatic rings. The molecule has 1 aromatic carbocycles. The van der Waals surface area contributed by atoms with Gasteiger partial charge in [0.15, 0.2) is 0 Å². The number of aromatic nitrogens is 3. The summed E-state index contributed by atoms with van der Waals surface area (Å²) in [6.45, 7) is 2.93. The zero-order valence-electron chi connectivity index (χ0n) is 15.3. The molecule has 27 heavy (non-hydrogen) atoms. The van der Waals surface area contributed by atoms with Gasteiger partial charge in [-0.25, -0.2) is 4.98 Å². The van der Waals surface area contributed by atoms with Gasteiger partial charge in [0.05, 0.1) is 12.2 Å². The molecule has 0 spiro atoms. The number of nitrogens with one attached hydrogen (secondary N) is 2. The number of hydrogen-bond donors (Lipinski definition) is 2. The summed E-state index contributed by atoms with van der Waals surface area (Å²) in [4.78, 5) is 15.6. The maximum absolute atomic E-state index is 4.52. The second-order valence-corrected chi connectivity index (χ2v) is 6.66. The molecule has 0 aliphatic carbocycles. The van der Waals surface area contributed by atoms with Crippen molar-refractivity contribution in [2.45, 2.75) is 25.8 Å². The molecule has 0 saturated carbocycles. The van der Waals surface area contributed by atoms with Crippen molar-refractivity contribution in [3.63, 3.8) is 0 Å². The lowest BCUT2D eigenvalue weighted by atomic mass is 10.1. The Kier molecular flexibility index (Phi) is 5.43. The van der Waals surface area contributed by atoms with Crippen molar-refractivity contribution >= 4 is 23.1 Å². The van der Waals surface area contributed by atoms with E-state index in [1.54, 1.807) is 12.4 Å². The van der Waals surface area contributed by atoms with Gasteiger partial charge in [-0.2, -0.15) is 4.98 Å². The highest BCUT2D eigenvalue weighted by Crippen LogP contribution is 2.23. The van der Waals surface area contributed by atoms with Crippen molar-refractivity contribution in [3.8, 4) is 0 Å². The van der Waals surface area contributed by atoms with Crippen molar-refractivity contribution in [1.82, 2.24) is 15.0 Å². The molecule has 6 nitrogen and oxygen atoms in total. The predicted molar refractivity (Wildman–Crippen MR) is 109 cm³/mol. The molecule has 1 fully saturated rings. The molecule has 0 amide bonds. The average Bonchev–Trinajstić information content (AvgIpc) is 2.75. The molecule has 0 atom stereocenters. The van der Waals surface area contributed by atoms with E-state index in [0.29, 0.717) is 12.5 Å². The van der Waals surface area contributed by atoms with Crippen LogP contribution in [0.4, 0.5) is 23.1 Å². The molecule has 2 N–H and O–H groups in total. The Balaban J connectivity index is 1.37. The van der Waals surface area contributed by atoms with Gasteiger partial charge in [0.2, 0.25) is 5.95 Å². The van der Waals surface area contributed by atoms with Crippen LogP contribution in [-0.2, 0) is 6.54 Å². The van der Waals surface area contributed by atoms with Crippen LogP contribution in [0.1, 0.15) is 25.0 Å². The maximum atomic E-state index is 4.52. The molecule has 0 radical (unpaired) electrons. The van der Waals surface area contributed by atoms with Crippen LogP contribution in [-0.4, -0.2) is 28.0 Å². The van der Waals surface area contributed by atoms with Gasteiger partial charge >= 0.3 is 0 Å². The van der Waals surface area contributed by atoms with E-state index in [9.17, 15) is 0 Å². The van der Waals surface area contributed by atoms with E-state index in [4.69, 9.17) is 0 Å². The zero-order valence-corrected chi connectivity index (χ0v) is 15.3. The molecule has 2 aromatic heterocycles. The molecule has 3 aromatic rings. The number of benzene rings is 1. The lowest BCUT2D eigenvalue weighted by Crippen LogP contribution is -2.29. The number of rotatable bonds is 6. The first-order chi connectivity index (χ1) is 13.4. The standard InChI is InChI=1S/C21H24N6/c1-4-14-27(15-5-1)19-9-7-17(8-10-19)25-21-23-13-11-20(26-21)24-16-18-6-2-3-12-22-18/h2-3,6-13H,1,4-5,14-16H2,(H2,23,24,25,26). The summed E-state index contributed by atoms with van der Waals surface area (Å²) in [5.74, 6) is 1.34. The first-order valence-corrected chi connectivity index (χ1v) is 9.46. The van der Waals surface area contributed by atoms with Crippen LogP contribution in [0, 0.1) is 0 Å². The quantitative estimate of drug-likeness (QED) is 0.686. The highest BCUT2D eigenvalue weighted by Gasteiger charge is 2.10. The molecule has 4 rings (SSSR count). The average molecular weight is 360 g/mol. The molecular formula is C21H24N6. The first kappa shape index (κ1) is 17.3. The molecular weight excluding hydrogens is 336 g/mol. The second-order valence-electron chi connectivity index (χ2n) is 6.66. The fraction of sp³-hybridized carbons (Fsp3) is 0.286. The minimum Gasteiger partial charge on any atom is -0.372 e. The second kappa shape index (κ2) is 8.49. The zero-order chi connectivity index (χ0) is 18.3. The number of nitrogens with zero attached hydrogens (tertiary/aromatic N) is 4. The summed E-state index contributed by atoms with van der Waals surface area (Å²) < 4.78 is 0. The van der Waals surface area contributed by atoms with E-state index in [0.717, 1.165) is 30.3 Å². The normalized spacial score (nSPS) is 14.0. The highest BCUT2D eigenvalue weighted by atomic mass is 15.1. The fourth-order valence-corrected chi connectivity index (χ4v) is 3.24. The Hall–Kier alpha value is -3.15. The predicted octanol–water partition coefficient (Wildman–Crippen LogP) is 4.22. The van der Waals surface area contributed by atoms with E-state index < -0.39 is 0 Å². The summed E-state index contributed by atoms with van der Waals surface area (Å²) in [5, 5.41) is 6.56. The monoisotopic (exact) mass is 360 g/mol. The number of anilines is 4. The van der Waals surface area contributed by atoms with Gasteiger partial charge < -0.3 is 15.5 Å². The number of hydrogen-bond acceptors (Lipinski definition) is 6. The Bertz CT molecular complexity index is 844. The van der Waals surface area contributed by atoms with Crippen LogP contribution in [0.3, 0.4) is 0 Å². The van der Waals surface area contributed by atoms with Crippen LogP contribution in [0.15, 0.2) is 60.9 Å². The van der Waals surface area contributed by atoms with Crippen LogP contribution in [0.25, 0.3) is 0 Å². The van der Waals surface area contributed by atoms with E-state index in [1.807, 2.05) is 24.3 Å². The van der Waals surface area contributed by atoms with Gasteiger partial charge in [-0.1, -0.05) is 6.07 Å². The molecule has 1 saturated heterocycles. The topological polar surface area (TPSA) is 66.0 Å². The fourth-order valence-electron chi connectivity index (χ4n) is 3.24. The van der Waals surface area contributed by atoms with Crippen molar-refractivity contribution in [3.05, 3.63) is 66.6 Å². The van der Waals surface area contributed by atoms with Crippen LogP contribution in [0.2, 0.25) is 0 Å². The summed E-state index contributed by atoms with van der Waals surface area (Å²) in [5.41, 5.74) is 3.24. The van der Waals surface area contributed by atoms with E-state index in [2.05, 4.69) is 54.8 Å². The number of piperidine rings is 1. The Labute approximate surface area is 159 Å². The summed E-state index contributed by atoms with van der Waals surface area (Å²) in [7, 11) is 0. The minimum atomic E-state index is 0.576. The Morgan fingerprint density at radius 3 is 2.48 bits per heavy atom. The molecule has 138 valence electrons. The lowest BCUT2D eigenvalue weighted by Gasteiger charge is -2.28. The third-order valence-corrected chi connectivity index (χ3v) is 4.68. The third kappa shape index (κ3) is 4.73. The summed E-state index contributed by atoms with van der Waals surface area (Å²) >= 11 is 0. The van der Waals surface area contributed by atoms with Crippen molar-refractivity contribution in [1.29, 1.82) is 0 Å². The highest BCUT2D eigenvalue weighted by molar-refractivity contribution is 5.60. The van der Waals surface area contributed by atoms with Gasteiger partial charge in [0.25, 0.3) is 0 Å². The smallest absolute Gasteiger partial charge is 0.229 e. The molecule has 0 unspecified atom stereocenters. The van der Waals surface area contributed by atoms with Crippen LogP contribution in [0.5, 0.6) is 0 Å². The molecule has 0 bridgehead atoms. The lowest BCUT2D eigenvalue weighted by molar-refractivity contribution is 0.578. The molecule has 6 heteroatoms.